The van der Waals surface area contributed by atoms with Gasteiger partial charge < -0.3 is 46.9 Å². The van der Waals surface area contributed by atoms with Gasteiger partial charge in [-0.15, -0.1) is 0 Å². The van der Waals surface area contributed by atoms with E-state index in [0.717, 1.165) is 33.3 Å². The summed E-state index contributed by atoms with van der Waals surface area (Å²) in [5, 5.41) is 40.0. The topological polar surface area (TPSA) is 172 Å². The second-order valence-corrected chi connectivity index (χ2v) is 10.9. The Morgan fingerprint density at radius 1 is 0.812 bits per heavy atom. The Morgan fingerprint density at radius 3 is 2.25 bits per heavy atom. The molecular formula is C36H27ClN2O9. The molecule has 12 heteroatoms. The molecule has 2 heterocycles. The second-order valence-electron chi connectivity index (χ2n) is 10.9. The molecule has 0 unspecified atom stereocenters. The molecule has 0 atom stereocenters. The third-order valence-electron chi connectivity index (χ3n) is 7.60. The number of H-pyrrole nitrogens is 1. The molecule has 1 aliphatic carbocycles. The number of fused-ring (bicyclic) bond motifs is 4. The average Bonchev–Trinajstić information content (AvgIpc) is 3.04. The molecule has 4 aromatic rings. The van der Waals surface area contributed by atoms with E-state index in [9.17, 15) is 34.8 Å². The van der Waals surface area contributed by atoms with Crippen molar-refractivity contribution in [2.24, 2.45) is 0 Å². The molecule has 0 saturated heterocycles. The van der Waals surface area contributed by atoms with E-state index >= 15 is 0 Å². The number of anilines is 1. The Labute approximate surface area is 278 Å². The van der Waals surface area contributed by atoms with Crippen LogP contribution < -0.4 is 42.9 Å². The number of carboxylic acids is 2. The van der Waals surface area contributed by atoms with Crippen LogP contribution in [0.3, 0.4) is 0 Å². The molecule has 0 amide bonds. The number of aromatic nitrogens is 1. The summed E-state index contributed by atoms with van der Waals surface area (Å²) >= 11 is 0. The van der Waals surface area contributed by atoms with Crippen LogP contribution in [0.1, 0.15) is 31.8 Å². The van der Waals surface area contributed by atoms with Gasteiger partial charge in [-0.3, -0.25) is 4.79 Å². The van der Waals surface area contributed by atoms with Crippen molar-refractivity contribution < 1.29 is 56.6 Å². The van der Waals surface area contributed by atoms with Gasteiger partial charge in [0, 0.05) is 60.4 Å². The first-order chi connectivity index (χ1) is 22.4. The number of nitrogens with zero attached hydrogens (tertiary/aromatic N) is 1. The Kier molecular flexibility index (Phi) is 8.82. The van der Waals surface area contributed by atoms with Crippen LogP contribution in [-0.2, 0) is 0 Å². The highest BCUT2D eigenvalue weighted by Crippen LogP contribution is 2.38. The fourth-order valence-corrected chi connectivity index (χ4v) is 5.34. The number of hydrogen-bond acceptors (Lipinski definition) is 8. The summed E-state index contributed by atoms with van der Waals surface area (Å²) in [5.41, 5.74) is 3.13. The van der Waals surface area contributed by atoms with Crippen LogP contribution in [0.5, 0.6) is 23.0 Å². The molecule has 0 aromatic heterocycles. The molecule has 0 saturated carbocycles. The van der Waals surface area contributed by atoms with Crippen molar-refractivity contribution in [2.45, 2.75) is 0 Å². The number of aromatic hydroxyl groups is 2. The van der Waals surface area contributed by atoms with Crippen LogP contribution in [0.2, 0.25) is 0 Å². The van der Waals surface area contributed by atoms with E-state index in [1.54, 1.807) is 54.6 Å². The normalized spacial score (nSPS) is 11.3. The van der Waals surface area contributed by atoms with E-state index in [-0.39, 0.29) is 40.7 Å². The number of phenolic OH excluding ortho intramolecular Hbond substituents is 2. The number of aromatic amines is 1. The standard InChI is InChI=1S/C21H14O4.C15H12N2O5.ClH/c1-12-6-8-16-18(10-12)25-19-11-13(22)7-9-17(19)20(16)14-4-2-3-5-15(14)21(23)24;1-17(2)7-3-4-9-11(5-7)22-14-12(16-9)8(15(20)21)6-10(18)13(14)19;/h2-11,22H,1H2,(H,23,24);3-6,19H,1-2H3,(H,20,21);1H. The summed E-state index contributed by atoms with van der Waals surface area (Å²) in [5.74, 6) is -1.92. The lowest BCUT2D eigenvalue weighted by molar-refractivity contribution is -0.334. The summed E-state index contributed by atoms with van der Waals surface area (Å²) in [6.07, 6.45) is 0. The molecule has 0 radical (unpaired) electrons. The van der Waals surface area contributed by atoms with E-state index in [2.05, 4.69) is 11.6 Å². The van der Waals surface area contributed by atoms with Gasteiger partial charge in [-0.25, -0.2) is 9.59 Å². The lowest BCUT2D eigenvalue weighted by Crippen LogP contribution is -3.00. The molecular weight excluding hydrogens is 640 g/mol. The maximum Gasteiger partial charge on any atom is 0.342 e. The predicted octanol–water partition coefficient (Wildman–Crippen LogP) is 1.04. The van der Waals surface area contributed by atoms with Crippen LogP contribution in [0, 0.1) is 0 Å². The molecule has 0 fully saturated rings. The summed E-state index contributed by atoms with van der Waals surface area (Å²) in [6, 6.07) is 23.4. The highest BCUT2D eigenvalue weighted by molar-refractivity contribution is 5.98. The predicted molar refractivity (Wildman–Crippen MR) is 173 cm³/mol. The van der Waals surface area contributed by atoms with Crippen molar-refractivity contribution in [3.63, 3.8) is 0 Å². The minimum atomic E-state index is -1.28. The Bertz CT molecular complexity index is 2400. The zero-order valence-corrected chi connectivity index (χ0v) is 26.2. The lowest BCUT2D eigenvalue weighted by Gasteiger charge is -2.22. The third kappa shape index (κ3) is 5.97. The van der Waals surface area contributed by atoms with Gasteiger partial charge in [-0.2, -0.15) is 4.98 Å². The molecule has 11 nitrogen and oxygen atoms in total. The molecule has 5 N–H and O–H groups in total. The van der Waals surface area contributed by atoms with Gasteiger partial charge >= 0.3 is 11.9 Å². The maximum absolute atomic E-state index is 11.7. The number of rotatable bonds is 4. The Balaban J connectivity index is 0.000000186. The molecule has 48 heavy (non-hydrogen) atoms. The monoisotopic (exact) mass is 666 g/mol. The fourth-order valence-electron chi connectivity index (χ4n) is 5.34. The number of aromatic carboxylic acids is 2. The number of carboxylic acid groups (broad SMARTS) is 2. The lowest BCUT2D eigenvalue weighted by atomic mass is 9.89. The number of phenols is 2. The van der Waals surface area contributed by atoms with E-state index in [0.29, 0.717) is 28.2 Å². The molecule has 0 bridgehead atoms. The molecule has 4 aromatic carbocycles. The average molecular weight is 667 g/mol. The van der Waals surface area contributed by atoms with Crippen LogP contribution in [0.4, 0.5) is 5.69 Å². The van der Waals surface area contributed by atoms with Gasteiger partial charge in [0.15, 0.2) is 0 Å². The smallest absolute Gasteiger partial charge is 0.342 e. The SMILES string of the molecule is C=c1ccc2c(c1)Oc1cc(O)ccc1C=2c1ccccc1C(=O)O.CN(C)c1ccc2[nH+]c3c(C(=O)O)cc(=O)c(O)c-3oc2c1.[Cl-]. The van der Waals surface area contributed by atoms with Gasteiger partial charge in [-0.1, -0.05) is 36.9 Å². The first-order valence-corrected chi connectivity index (χ1v) is 14.2. The third-order valence-corrected chi connectivity index (χ3v) is 7.60. The van der Waals surface area contributed by atoms with Crippen molar-refractivity contribution in [1.82, 2.24) is 0 Å². The minimum Gasteiger partial charge on any atom is -1.00 e. The number of halogens is 1. The van der Waals surface area contributed by atoms with Gasteiger partial charge in [0.1, 0.15) is 22.8 Å². The molecule has 0 spiro atoms. The van der Waals surface area contributed by atoms with E-state index < -0.39 is 23.1 Å². The van der Waals surface area contributed by atoms with E-state index in [1.807, 2.05) is 37.2 Å². The molecule has 3 aliphatic rings. The van der Waals surface area contributed by atoms with Crippen molar-refractivity contribution in [3.8, 4) is 34.5 Å². The van der Waals surface area contributed by atoms with Crippen LogP contribution in [0.15, 0.2) is 94.1 Å². The Morgan fingerprint density at radius 2 is 1.54 bits per heavy atom. The molecule has 242 valence electrons. The first kappa shape index (κ1) is 33.0. The second kappa shape index (κ2) is 12.8. The minimum absolute atomic E-state index is 0. The fraction of sp³-hybridized carbons (Fsp3) is 0.0556. The highest BCUT2D eigenvalue weighted by Gasteiger charge is 2.30. The zero-order chi connectivity index (χ0) is 33.6. The summed E-state index contributed by atoms with van der Waals surface area (Å²) < 4.78 is 11.5. The van der Waals surface area contributed by atoms with E-state index in [4.69, 9.17) is 9.15 Å². The largest absolute Gasteiger partial charge is 1.00 e. The highest BCUT2D eigenvalue weighted by atomic mass is 35.5. The van der Waals surface area contributed by atoms with Crippen molar-refractivity contribution >= 4 is 40.9 Å². The van der Waals surface area contributed by atoms with Crippen LogP contribution in [-0.4, -0.2) is 46.5 Å². The number of nitrogens with one attached hydrogen (secondary N) is 1. The number of ether oxygens (including phenoxy) is 1. The van der Waals surface area contributed by atoms with Crippen LogP contribution >= 0.6 is 0 Å². The molecule has 2 aliphatic heterocycles. The van der Waals surface area contributed by atoms with Gasteiger partial charge in [0.25, 0.3) is 5.69 Å². The number of benzene rings is 5. The summed E-state index contributed by atoms with van der Waals surface area (Å²) in [6.45, 7) is 3.91. The Hall–Kier alpha value is -6.33. The quantitative estimate of drug-likeness (QED) is 0.199. The molecule has 7 rings (SSSR count). The maximum atomic E-state index is 11.7. The number of carbonyl (C=O) groups is 2. The van der Waals surface area contributed by atoms with Crippen molar-refractivity contribution in [3.05, 3.63) is 128 Å². The van der Waals surface area contributed by atoms with Gasteiger partial charge in [0.05, 0.1) is 5.56 Å². The van der Waals surface area contributed by atoms with Crippen LogP contribution in [0.25, 0.3) is 34.7 Å². The number of hydrogen-bond donors (Lipinski definition) is 4. The summed E-state index contributed by atoms with van der Waals surface area (Å²) in [4.78, 5) is 39.4. The van der Waals surface area contributed by atoms with Gasteiger partial charge in [-0.05, 0) is 41.1 Å². The summed E-state index contributed by atoms with van der Waals surface area (Å²) in [7, 11) is 3.73. The zero-order valence-electron chi connectivity index (χ0n) is 25.4. The van der Waals surface area contributed by atoms with Crippen molar-refractivity contribution in [1.29, 1.82) is 0 Å². The van der Waals surface area contributed by atoms with Gasteiger partial charge in [0.2, 0.25) is 28.0 Å². The first-order valence-electron chi connectivity index (χ1n) is 14.2. The van der Waals surface area contributed by atoms with Crippen molar-refractivity contribution in [2.75, 3.05) is 19.0 Å². The van der Waals surface area contributed by atoms with E-state index in [1.165, 1.54) is 6.07 Å².